The summed E-state index contributed by atoms with van der Waals surface area (Å²) in [5, 5.41) is 6.22. The Morgan fingerprint density at radius 3 is 2.94 bits per heavy atom. The van der Waals surface area contributed by atoms with Crippen LogP contribution in [0.2, 0.25) is 0 Å². The van der Waals surface area contributed by atoms with Gasteiger partial charge in [0.25, 0.3) is 0 Å². The summed E-state index contributed by atoms with van der Waals surface area (Å²) < 4.78 is 4.58. The molecule has 0 bridgehead atoms. The number of rotatable bonds is 5. The standard InChI is InChI=1S/C11H23N3O2/c1-9(2)12-5-7-14-6-4-10(8-14)13-11(15)16-3/h9-10,12H,4-8H2,1-3H3,(H,13,15). The number of nitrogens with one attached hydrogen (secondary N) is 2. The number of methoxy groups -OCH3 is 1. The lowest BCUT2D eigenvalue weighted by atomic mass is 10.3. The van der Waals surface area contributed by atoms with Gasteiger partial charge < -0.3 is 15.4 Å². The number of hydrogen-bond acceptors (Lipinski definition) is 4. The van der Waals surface area contributed by atoms with Gasteiger partial charge in [-0.3, -0.25) is 4.90 Å². The molecule has 1 heterocycles. The largest absolute Gasteiger partial charge is 0.453 e. The van der Waals surface area contributed by atoms with Crippen LogP contribution in [0.1, 0.15) is 20.3 Å². The molecule has 1 fully saturated rings. The molecule has 1 atom stereocenters. The molecule has 16 heavy (non-hydrogen) atoms. The van der Waals surface area contributed by atoms with Crippen molar-refractivity contribution < 1.29 is 9.53 Å². The van der Waals surface area contributed by atoms with E-state index in [4.69, 9.17) is 0 Å². The molecule has 5 heteroatoms. The van der Waals surface area contributed by atoms with E-state index in [0.29, 0.717) is 6.04 Å². The molecule has 1 rings (SSSR count). The summed E-state index contributed by atoms with van der Waals surface area (Å²) in [6.45, 7) is 8.31. The predicted molar refractivity (Wildman–Crippen MR) is 63.5 cm³/mol. The van der Waals surface area contributed by atoms with E-state index in [1.165, 1.54) is 7.11 Å². The Bertz CT molecular complexity index is 221. The first-order valence-electron chi connectivity index (χ1n) is 5.92. The summed E-state index contributed by atoms with van der Waals surface area (Å²) in [5.74, 6) is 0. The number of carbonyl (C=O) groups is 1. The van der Waals surface area contributed by atoms with Crippen LogP contribution >= 0.6 is 0 Å². The fourth-order valence-electron chi connectivity index (χ4n) is 1.89. The minimum atomic E-state index is -0.327. The molecule has 2 N–H and O–H groups in total. The molecule has 0 radical (unpaired) electrons. The third-order valence-electron chi connectivity index (χ3n) is 2.76. The van der Waals surface area contributed by atoms with Gasteiger partial charge in [0.05, 0.1) is 7.11 Å². The number of hydrogen-bond donors (Lipinski definition) is 2. The van der Waals surface area contributed by atoms with Gasteiger partial charge in [-0.1, -0.05) is 13.8 Å². The van der Waals surface area contributed by atoms with E-state index in [9.17, 15) is 4.79 Å². The molecule has 1 aliphatic heterocycles. The Balaban J connectivity index is 2.12. The third-order valence-corrected chi connectivity index (χ3v) is 2.76. The SMILES string of the molecule is COC(=O)NC1CCN(CCNC(C)C)C1. The van der Waals surface area contributed by atoms with Crippen LogP contribution in [0.3, 0.4) is 0 Å². The smallest absolute Gasteiger partial charge is 0.407 e. The van der Waals surface area contributed by atoms with Crippen LogP contribution in [0, 0.1) is 0 Å². The zero-order chi connectivity index (χ0) is 12.0. The van der Waals surface area contributed by atoms with E-state index in [1.54, 1.807) is 0 Å². The Morgan fingerprint density at radius 1 is 1.56 bits per heavy atom. The van der Waals surface area contributed by atoms with Crippen LogP contribution in [-0.4, -0.2) is 56.4 Å². The van der Waals surface area contributed by atoms with E-state index >= 15 is 0 Å². The average Bonchev–Trinajstić information content (AvgIpc) is 2.65. The molecular formula is C11H23N3O2. The number of ether oxygens (including phenoxy) is 1. The highest BCUT2D eigenvalue weighted by atomic mass is 16.5. The van der Waals surface area contributed by atoms with Crippen molar-refractivity contribution in [1.82, 2.24) is 15.5 Å². The Hall–Kier alpha value is -0.810. The van der Waals surface area contributed by atoms with Crippen LogP contribution in [0.15, 0.2) is 0 Å². The lowest BCUT2D eigenvalue weighted by Crippen LogP contribution is -2.38. The maximum absolute atomic E-state index is 11.0. The van der Waals surface area contributed by atoms with Gasteiger partial charge >= 0.3 is 6.09 Å². The molecular weight excluding hydrogens is 206 g/mol. The van der Waals surface area contributed by atoms with Crippen molar-refractivity contribution in [2.45, 2.75) is 32.4 Å². The Kier molecular flexibility index (Phi) is 5.55. The van der Waals surface area contributed by atoms with Crippen molar-refractivity contribution in [3.8, 4) is 0 Å². The van der Waals surface area contributed by atoms with Crippen molar-refractivity contribution >= 4 is 6.09 Å². The number of likely N-dealkylation sites (tertiary alicyclic amines) is 1. The van der Waals surface area contributed by atoms with Crippen LogP contribution in [0.25, 0.3) is 0 Å². The van der Waals surface area contributed by atoms with E-state index in [1.807, 2.05) is 0 Å². The summed E-state index contributed by atoms with van der Waals surface area (Å²) in [6, 6.07) is 0.776. The highest BCUT2D eigenvalue weighted by Gasteiger charge is 2.23. The molecule has 0 aromatic heterocycles. The van der Waals surface area contributed by atoms with Gasteiger partial charge in [0.2, 0.25) is 0 Å². The first-order valence-corrected chi connectivity index (χ1v) is 5.92. The molecule has 0 saturated carbocycles. The molecule has 1 unspecified atom stereocenters. The summed E-state index contributed by atoms with van der Waals surface area (Å²) in [7, 11) is 1.40. The Morgan fingerprint density at radius 2 is 2.31 bits per heavy atom. The van der Waals surface area contributed by atoms with Crippen LogP contribution in [0.4, 0.5) is 4.79 Å². The van der Waals surface area contributed by atoms with Crippen molar-refractivity contribution in [1.29, 1.82) is 0 Å². The van der Waals surface area contributed by atoms with Gasteiger partial charge in [-0.25, -0.2) is 4.79 Å². The third kappa shape index (κ3) is 4.81. The second-order valence-corrected chi connectivity index (χ2v) is 4.53. The minimum absolute atomic E-state index is 0.242. The first-order chi connectivity index (χ1) is 7.61. The second-order valence-electron chi connectivity index (χ2n) is 4.53. The van der Waals surface area contributed by atoms with Crippen molar-refractivity contribution in [2.75, 3.05) is 33.3 Å². The number of carbonyl (C=O) groups excluding carboxylic acids is 1. The predicted octanol–water partition coefficient (Wildman–Crippen LogP) is 0.415. The summed E-state index contributed by atoms with van der Waals surface area (Å²) in [5.41, 5.74) is 0. The fraction of sp³-hybridized carbons (Fsp3) is 0.909. The van der Waals surface area contributed by atoms with E-state index in [0.717, 1.165) is 32.6 Å². The summed E-state index contributed by atoms with van der Waals surface area (Å²) in [4.78, 5) is 13.4. The summed E-state index contributed by atoms with van der Waals surface area (Å²) in [6.07, 6.45) is 0.684. The molecule has 0 aliphatic carbocycles. The maximum Gasteiger partial charge on any atom is 0.407 e. The first kappa shape index (κ1) is 13.3. The molecule has 94 valence electrons. The fourth-order valence-corrected chi connectivity index (χ4v) is 1.89. The van der Waals surface area contributed by atoms with Gasteiger partial charge in [-0.15, -0.1) is 0 Å². The normalized spacial score (nSPS) is 21.4. The molecule has 1 amide bonds. The van der Waals surface area contributed by atoms with Gasteiger partial charge in [0, 0.05) is 38.3 Å². The van der Waals surface area contributed by atoms with E-state index in [2.05, 4.69) is 34.1 Å². The maximum atomic E-state index is 11.0. The molecule has 0 aromatic carbocycles. The molecule has 1 aliphatic rings. The number of amides is 1. The second kappa shape index (κ2) is 6.70. The van der Waals surface area contributed by atoms with Gasteiger partial charge in [0.1, 0.15) is 0 Å². The average molecular weight is 229 g/mol. The molecule has 0 spiro atoms. The van der Waals surface area contributed by atoms with Crippen molar-refractivity contribution in [3.05, 3.63) is 0 Å². The molecule has 0 aromatic rings. The molecule has 1 saturated heterocycles. The zero-order valence-corrected chi connectivity index (χ0v) is 10.5. The monoisotopic (exact) mass is 229 g/mol. The number of alkyl carbamates (subject to hydrolysis) is 1. The quantitative estimate of drug-likeness (QED) is 0.717. The Labute approximate surface area is 97.5 Å². The van der Waals surface area contributed by atoms with Crippen molar-refractivity contribution in [2.24, 2.45) is 0 Å². The van der Waals surface area contributed by atoms with Gasteiger partial charge in [-0.05, 0) is 6.42 Å². The van der Waals surface area contributed by atoms with Crippen LogP contribution in [0.5, 0.6) is 0 Å². The molecule has 5 nitrogen and oxygen atoms in total. The lowest BCUT2D eigenvalue weighted by molar-refractivity contribution is 0.166. The van der Waals surface area contributed by atoms with Crippen LogP contribution in [-0.2, 0) is 4.74 Å². The highest BCUT2D eigenvalue weighted by molar-refractivity contribution is 5.67. The summed E-state index contributed by atoms with van der Waals surface area (Å²) >= 11 is 0. The topological polar surface area (TPSA) is 53.6 Å². The van der Waals surface area contributed by atoms with Crippen LogP contribution < -0.4 is 10.6 Å². The number of nitrogens with zero attached hydrogens (tertiary/aromatic N) is 1. The van der Waals surface area contributed by atoms with Crippen molar-refractivity contribution in [3.63, 3.8) is 0 Å². The van der Waals surface area contributed by atoms with E-state index < -0.39 is 0 Å². The minimum Gasteiger partial charge on any atom is -0.453 e. The zero-order valence-electron chi connectivity index (χ0n) is 10.5. The van der Waals surface area contributed by atoms with Gasteiger partial charge in [0.15, 0.2) is 0 Å². The van der Waals surface area contributed by atoms with Gasteiger partial charge in [-0.2, -0.15) is 0 Å². The lowest BCUT2D eigenvalue weighted by Gasteiger charge is -2.17. The highest BCUT2D eigenvalue weighted by Crippen LogP contribution is 2.08. The van der Waals surface area contributed by atoms with E-state index in [-0.39, 0.29) is 12.1 Å².